The molecule has 0 aliphatic carbocycles. The fourth-order valence-corrected chi connectivity index (χ4v) is 2.80. The van der Waals surface area contributed by atoms with Crippen molar-refractivity contribution in [2.24, 2.45) is 0 Å². The third-order valence-corrected chi connectivity index (χ3v) is 4.26. The molecule has 2 aromatic carbocycles. The fourth-order valence-electron chi connectivity index (χ4n) is 2.80. The average Bonchev–Trinajstić information content (AvgIpc) is 2.62. The first-order valence-electron chi connectivity index (χ1n) is 9.03. The van der Waals surface area contributed by atoms with Gasteiger partial charge in [-0.1, -0.05) is 47.5 Å². The van der Waals surface area contributed by atoms with Crippen molar-refractivity contribution in [1.82, 2.24) is 5.32 Å². The molecular weight excluding hydrogens is 326 g/mol. The Morgan fingerprint density at radius 2 is 1.65 bits per heavy atom. The highest BCUT2D eigenvalue weighted by Crippen LogP contribution is 2.26. The number of nitrogens with one attached hydrogen (secondary N) is 1. The third kappa shape index (κ3) is 5.45. The molecule has 0 fully saturated rings. The summed E-state index contributed by atoms with van der Waals surface area (Å²) in [4.78, 5) is 24.5. The normalized spacial score (nSPS) is 11.7. The van der Waals surface area contributed by atoms with Gasteiger partial charge in [-0.15, -0.1) is 0 Å². The molecule has 0 bridgehead atoms. The van der Waals surface area contributed by atoms with Gasteiger partial charge in [0.25, 0.3) is 0 Å². The van der Waals surface area contributed by atoms with Gasteiger partial charge in [0, 0.05) is 24.0 Å². The van der Waals surface area contributed by atoms with E-state index < -0.39 is 0 Å². The number of benzene rings is 2. The summed E-state index contributed by atoms with van der Waals surface area (Å²) in [5.41, 5.74) is 3.81. The van der Waals surface area contributed by atoms with E-state index in [-0.39, 0.29) is 30.6 Å². The second-order valence-electron chi connectivity index (χ2n) is 6.55. The van der Waals surface area contributed by atoms with E-state index in [0.29, 0.717) is 12.2 Å². The summed E-state index contributed by atoms with van der Waals surface area (Å²) in [6.07, 6.45) is 0.376. The van der Waals surface area contributed by atoms with Gasteiger partial charge in [-0.05, 0) is 33.8 Å². The van der Waals surface area contributed by atoms with Crippen molar-refractivity contribution in [3.05, 3.63) is 64.7 Å². The van der Waals surface area contributed by atoms with Crippen LogP contribution in [-0.4, -0.2) is 18.3 Å². The van der Waals surface area contributed by atoms with Crippen LogP contribution in [0.4, 0.5) is 0 Å². The van der Waals surface area contributed by atoms with Gasteiger partial charge in [-0.3, -0.25) is 9.59 Å². The third-order valence-electron chi connectivity index (χ3n) is 4.26. The zero-order valence-corrected chi connectivity index (χ0v) is 16.0. The van der Waals surface area contributed by atoms with Crippen molar-refractivity contribution < 1.29 is 14.3 Å². The molecule has 0 saturated carbocycles. The Kier molecular flexibility index (Phi) is 6.96. The number of ketones is 1. The summed E-state index contributed by atoms with van der Waals surface area (Å²) in [6.45, 7) is 8.42. The first kappa shape index (κ1) is 19.7. The molecule has 1 amide bonds. The summed E-state index contributed by atoms with van der Waals surface area (Å²) >= 11 is 0. The van der Waals surface area contributed by atoms with Gasteiger partial charge in [-0.25, -0.2) is 0 Å². The summed E-state index contributed by atoms with van der Waals surface area (Å²) in [6, 6.07) is 13.2. The number of rotatable bonds is 8. The molecule has 0 aliphatic rings. The van der Waals surface area contributed by atoms with Gasteiger partial charge in [0.1, 0.15) is 5.75 Å². The fraction of sp³-hybridized carbons (Fsp3) is 0.364. The number of Topliss-reactive ketones (excluding diaryl/α,β-unsaturated/α-hetero) is 1. The molecule has 0 aliphatic heterocycles. The van der Waals surface area contributed by atoms with Gasteiger partial charge in [0.15, 0.2) is 5.78 Å². The van der Waals surface area contributed by atoms with Gasteiger partial charge in [-0.2, -0.15) is 0 Å². The van der Waals surface area contributed by atoms with Gasteiger partial charge in [0.2, 0.25) is 5.91 Å². The minimum absolute atomic E-state index is 0.0154. The molecule has 1 atom stereocenters. The Hall–Kier alpha value is -2.62. The second-order valence-corrected chi connectivity index (χ2v) is 6.55. The number of hydrogen-bond acceptors (Lipinski definition) is 3. The van der Waals surface area contributed by atoms with Crippen LogP contribution in [-0.2, 0) is 4.79 Å². The van der Waals surface area contributed by atoms with E-state index in [9.17, 15) is 9.59 Å². The van der Waals surface area contributed by atoms with Crippen LogP contribution in [0.3, 0.4) is 0 Å². The summed E-state index contributed by atoms with van der Waals surface area (Å²) in [5, 5.41) is 2.97. The predicted molar refractivity (Wildman–Crippen MR) is 104 cm³/mol. The Morgan fingerprint density at radius 1 is 1.00 bits per heavy atom. The monoisotopic (exact) mass is 353 g/mol. The topological polar surface area (TPSA) is 55.4 Å². The second kappa shape index (κ2) is 9.18. The highest BCUT2D eigenvalue weighted by atomic mass is 16.5. The SMILES string of the molecule is CCOc1ccc(C)cc1C(C)NC(=O)CCC(=O)c1ccc(C)cc1. The quantitative estimate of drug-likeness (QED) is 0.709. The van der Waals surface area contributed by atoms with Crippen LogP contribution in [0.2, 0.25) is 0 Å². The van der Waals surface area contributed by atoms with Crippen molar-refractivity contribution in [2.75, 3.05) is 6.61 Å². The minimum Gasteiger partial charge on any atom is -0.494 e. The molecule has 4 nitrogen and oxygen atoms in total. The van der Waals surface area contributed by atoms with Crippen LogP contribution in [0.1, 0.15) is 59.8 Å². The van der Waals surface area contributed by atoms with Crippen LogP contribution in [0.15, 0.2) is 42.5 Å². The molecule has 138 valence electrons. The smallest absolute Gasteiger partial charge is 0.220 e. The first-order valence-corrected chi connectivity index (χ1v) is 9.03. The number of ether oxygens (including phenoxy) is 1. The zero-order chi connectivity index (χ0) is 19.1. The molecule has 2 rings (SSSR count). The lowest BCUT2D eigenvalue weighted by atomic mass is 10.0. The van der Waals surface area contributed by atoms with Gasteiger partial charge < -0.3 is 10.1 Å². The van der Waals surface area contributed by atoms with Crippen molar-refractivity contribution in [2.45, 2.75) is 46.6 Å². The summed E-state index contributed by atoms with van der Waals surface area (Å²) < 4.78 is 5.65. The number of carbonyl (C=O) groups excluding carboxylic acids is 2. The Balaban J connectivity index is 1.94. The Morgan fingerprint density at radius 3 is 2.31 bits per heavy atom. The van der Waals surface area contributed by atoms with Crippen LogP contribution < -0.4 is 10.1 Å². The molecule has 0 radical (unpaired) electrons. The molecule has 2 aromatic rings. The minimum atomic E-state index is -0.182. The van der Waals surface area contributed by atoms with Crippen molar-refractivity contribution >= 4 is 11.7 Å². The Bertz CT molecular complexity index is 765. The molecule has 0 spiro atoms. The molecule has 1 N–H and O–H groups in total. The lowest BCUT2D eigenvalue weighted by Gasteiger charge is -2.18. The number of carbonyl (C=O) groups is 2. The van der Waals surface area contributed by atoms with Gasteiger partial charge >= 0.3 is 0 Å². The zero-order valence-electron chi connectivity index (χ0n) is 16.0. The van der Waals surface area contributed by atoms with E-state index in [1.165, 1.54) is 0 Å². The molecule has 0 aromatic heterocycles. The summed E-state index contributed by atoms with van der Waals surface area (Å²) in [7, 11) is 0. The van der Waals surface area contributed by atoms with Crippen LogP contribution in [0.25, 0.3) is 0 Å². The average molecular weight is 353 g/mol. The standard InChI is InChI=1S/C22H27NO3/c1-5-26-21-12-8-16(3)14-19(21)17(4)23-22(25)13-11-20(24)18-9-6-15(2)7-10-18/h6-10,12,14,17H,5,11,13H2,1-4H3,(H,23,25). The molecule has 0 saturated heterocycles. The maximum absolute atomic E-state index is 12.3. The van der Waals surface area contributed by atoms with E-state index in [1.54, 1.807) is 12.1 Å². The largest absolute Gasteiger partial charge is 0.494 e. The van der Waals surface area contributed by atoms with E-state index >= 15 is 0 Å². The summed E-state index contributed by atoms with van der Waals surface area (Å²) in [5.74, 6) is 0.627. The van der Waals surface area contributed by atoms with Crippen molar-refractivity contribution in [1.29, 1.82) is 0 Å². The first-order chi connectivity index (χ1) is 12.4. The molecule has 0 heterocycles. The van der Waals surface area contributed by atoms with E-state index in [2.05, 4.69) is 5.32 Å². The van der Waals surface area contributed by atoms with Crippen molar-refractivity contribution in [3.8, 4) is 5.75 Å². The Labute approximate surface area is 155 Å². The molecule has 1 unspecified atom stereocenters. The molecule has 4 heteroatoms. The van der Waals surface area contributed by atoms with Crippen molar-refractivity contribution in [3.63, 3.8) is 0 Å². The van der Waals surface area contributed by atoms with Crippen LogP contribution in [0.5, 0.6) is 5.75 Å². The molecular formula is C22H27NO3. The number of hydrogen-bond donors (Lipinski definition) is 1. The number of amides is 1. The maximum atomic E-state index is 12.3. The highest BCUT2D eigenvalue weighted by molar-refractivity contribution is 5.98. The lowest BCUT2D eigenvalue weighted by Crippen LogP contribution is -2.27. The van der Waals surface area contributed by atoms with Gasteiger partial charge in [0.05, 0.1) is 12.6 Å². The van der Waals surface area contributed by atoms with Crippen LogP contribution >= 0.6 is 0 Å². The van der Waals surface area contributed by atoms with Crippen LogP contribution in [0, 0.1) is 13.8 Å². The molecule has 26 heavy (non-hydrogen) atoms. The number of aryl methyl sites for hydroxylation is 2. The maximum Gasteiger partial charge on any atom is 0.220 e. The lowest BCUT2D eigenvalue weighted by molar-refractivity contribution is -0.121. The van der Waals surface area contributed by atoms with E-state index in [1.807, 2.05) is 58.0 Å². The van der Waals surface area contributed by atoms with E-state index in [4.69, 9.17) is 4.74 Å². The van der Waals surface area contributed by atoms with E-state index in [0.717, 1.165) is 22.4 Å². The highest BCUT2D eigenvalue weighted by Gasteiger charge is 2.16. The predicted octanol–water partition coefficient (Wildman–Crippen LogP) is 4.54.